The third-order valence-corrected chi connectivity index (χ3v) is 4.37. The zero-order chi connectivity index (χ0) is 12.3. The molecule has 0 spiro atoms. The molecule has 2 heterocycles. The molecule has 0 aromatic carbocycles. The average molecular weight is 266 g/mol. The zero-order valence-electron chi connectivity index (χ0n) is 9.82. The molecule has 0 unspecified atom stereocenters. The maximum Gasteiger partial charge on any atom is 0.225 e. The van der Waals surface area contributed by atoms with Crippen LogP contribution < -0.4 is 5.32 Å². The summed E-state index contributed by atoms with van der Waals surface area (Å²) in [7, 11) is 0. The quantitative estimate of drug-likeness (QED) is 0.924. The van der Waals surface area contributed by atoms with Crippen LogP contribution in [0.4, 0.5) is 0 Å². The van der Waals surface area contributed by atoms with Crippen molar-refractivity contribution in [2.75, 3.05) is 0 Å². The van der Waals surface area contributed by atoms with Crippen LogP contribution in [-0.4, -0.2) is 10.9 Å². The van der Waals surface area contributed by atoms with E-state index in [1.54, 1.807) is 22.7 Å². The predicted octanol–water partition coefficient (Wildman–Crippen LogP) is 2.68. The first kappa shape index (κ1) is 12.3. The van der Waals surface area contributed by atoms with Gasteiger partial charge in [-0.2, -0.15) is 0 Å². The van der Waals surface area contributed by atoms with E-state index < -0.39 is 0 Å². The molecule has 0 aliphatic carbocycles. The number of hydrogen-bond acceptors (Lipinski definition) is 4. The van der Waals surface area contributed by atoms with Crippen LogP contribution in [-0.2, 0) is 17.8 Å². The highest BCUT2D eigenvalue weighted by atomic mass is 32.1. The lowest BCUT2D eigenvalue weighted by Crippen LogP contribution is -2.24. The molecule has 3 nitrogen and oxygen atoms in total. The zero-order valence-corrected chi connectivity index (χ0v) is 11.5. The van der Waals surface area contributed by atoms with Crippen LogP contribution in [0.1, 0.15) is 20.5 Å². The van der Waals surface area contributed by atoms with Gasteiger partial charge in [0.25, 0.3) is 0 Å². The Hall–Kier alpha value is -1.20. The number of rotatable bonds is 4. The molecule has 90 valence electrons. The number of aromatic nitrogens is 1. The van der Waals surface area contributed by atoms with Gasteiger partial charge in [-0.1, -0.05) is 6.07 Å². The van der Waals surface area contributed by atoms with Crippen molar-refractivity contribution in [1.82, 2.24) is 10.3 Å². The number of carbonyl (C=O) groups excluding carboxylic acids is 1. The Balaban J connectivity index is 1.84. The molecule has 2 aromatic heterocycles. The van der Waals surface area contributed by atoms with E-state index in [0.29, 0.717) is 13.0 Å². The predicted molar refractivity (Wildman–Crippen MR) is 71.5 cm³/mol. The standard InChI is InChI=1S/C12H14N2OS2/c1-8-9(2)17-12(14-8)7-13-11(15)6-10-4-3-5-16-10/h3-5H,6-7H2,1-2H3,(H,13,15). The SMILES string of the molecule is Cc1nc(CNC(=O)Cc2cccs2)sc1C. The number of carbonyl (C=O) groups is 1. The second kappa shape index (κ2) is 5.42. The van der Waals surface area contributed by atoms with Crippen molar-refractivity contribution in [1.29, 1.82) is 0 Å². The highest BCUT2D eigenvalue weighted by Crippen LogP contribution is 2.16. The average Bonchev–Trinajstić information content (AvgIpc) is 2.87. The summed E-state index contributed by atoms with van der Waals surface area (Å²) in [5.41, 5.74) is 1.05. The number of thiophene rings is 1. The largest absolute Gasteiger partial charge is 0.349 e. The van der Waals surface area contributed by atoms with E-state index in [-0.39, 0.29) is 5.91 Å². The lowest BCUT2D eigenvalue weighted by atomic mass is 10.3. The normalized spacial score (nSPS) is 10.5. The maximum absolute atomic E-state index is 11.6. The van der Waals surface area contributed by atoms with Crippen molar-refractivity contribution in [3.63, 3.8) is 0 Å². The number of nitrogens with one attached hydrogen (secondary N) is 1. The summed E-state index contributed by atoms with van der Waals surface area (Å²) >= 11 is 3.25. The van der Waals surface area contributed by atoms with Gasteiger partial charge in [0.2, 0.25) is 5.91 Å². The minimum absolute atomic E-state index is 0.0537. The second-order valence-electron chi connectivity index (χ2n) is 3.78. The number of hydrogen-bond donors (Lipinski definition) is 1. The molecule has 1 amide bonds. The minimum atomic E-state index is 0.0537. The van der Waals surface area contributed by atoms with Crippen LogP contribution in [0.5, 0.6) is 0 Å². The fourth-order valence-electron chi connectivity index (χ4n) is 1.42. The third-order valence-electron chi connectivity index (χ3n) is 2.42. The van der Waals surface area contributed by atoms with Crippen molar-refractivity contribution in [3.8, 4) is 0 Å². The second-order valence-corrected chi connectivity index (χ2v) is 6.10. The van der Waals surface area contributed by atoms with Crippen LogP contribution >= 0.6 is 22.7 Å². The first-order chi connectivity index (χ1) is 8.15. The number of aryl methyl sites for hydroxylation is 2. The van der Waals surface area contributed by atoms with E-state index in [2.05, 4.69) is 10.3 Å². The molecule has 2 aromatic rings. The number of amides is 1. The van der Waals surface area contributed by atoms with Gasteiger partial charge in [-0.3, -0.25) is 4.79 Å². The molecular formula is C12H14N2OS2. The fourth-order valence-corrected chi connectivity index (χ4v) is 3.00. The van der Waals surface area contributed by atoms with Gasteiger partial charge in [0, 0.05) is 9.75 Å². The molecule has 0 radical (unpaired) electrons. The topological polar surface area (TPSA) is 42.0 Å². The summed E-state index contributed by atoms with van der Waals surface area (Å²) in [5, 5.41) is 5.85. The Bertz CT molecular complexity index is 483. The van der Waals surface area contributed by atoms with Crippen molar-refractivity contribution < 1.29 is 4.79 Å². The van der Waals surface area contributed by atoms with Gasteiger partial charge in [0.05, 0.1) is 18.7 Å². The highest BCUT2D eigenvalue weighted by Gasteiger charge is 2.07. The van der Waals surface area contributed by atoms with Gasteiger partial charge < -0.3 is 5.32 Å². The molecule has 17 heavy (non-hydrogen) atoms. The Labute approximate surface area is 109 Å². The van der Waals surface area contributed by atoms with Crippen molar-refractivity contribution in [2.45, 2.75) is 26.8 Å². The first-order valence-corrected chi connectivity index (χ1v) is 7.07. The Kier molecular flexibility index (Phi) is 3.91. The molecule has 0 aliphatic rings. The van der Waals surface area contributed by atoms with Gasteiger partial charge in [0.1, 0.15) is 5.01 Å². The molecule has 0 fully saturated rings. The molecule has 2 rings (SSSR count). The van der Waals surface area contributed by atoms with E-state index >= 15 is 0 Å². The van der Waals surface area contributed by atoms with E-state index in [1.165, 1.54) is 4.88 Å². The van der Waals surface area contributed by atoms with Crippen molar-refractivity contribution >= 4 is 28.6 Å². The summed E-state index contributed by atoms with van der Waals surface area (Å²) in [4.78, 5) is 18.3. The molecule has 0 bridgehead atoms. The van der Waals surface area contributed by atoms with Crippen LogP contribution in [0.25, 0.3) is 0 Å². The summed E-state index contributed by atoms with van der Waals surface area (Å²) in [6.45, 7) is 4.57. The summed E-state index contributed by atoms with van der Waals surface area (Å²) < 4.78 is 0. The highest BCUT2D eigenvalue weighted by molar-refractivity contribution is 7.11. The molecule has 0 atom stereocenters. The van der Waals surface area contributed by atoms with Crippen LogP contribution in [0.3, 0.4) is 0 Å². The molecule has 0 saturated carbocycles. The fraction of sp³-hybridized carbons (Fsp3) is 0.333. The van der Waals surface area contributed by atoms with Crippen LogP contribution in [0.2, 0.25) is 0 Å². The van der Waals surface area contributed by atoms with Crippen LogP contribution in [0, 0.1) is 13.8 Å². The van der Waals surface area contributed by atoms with Gasteiger partial charge in [-0.25, -0.2) is 4.98 Å². The molecular weight excluding hydrogens is 252 g/mol. The van der Waals surface area contributed by atoms with Gasteiger partial charge in [0.15, 0.2) is 0 Å². The van der Waals surface area contributed by atoms with E-state index in [9.17, 15) is 4.79 Å². The molecule has 0 aliphatic heterocycles. The lowest BCUT2D eigenvalue weighted by molar-refractivity contribution is -0.120. The van der Waals surface area contributed by atoms with E-state index in [0.717, 1.165) is 15.6 Å². The first-order valence-electron chi connectivity index (χ1n) is 5.37. The lowest BCUT2D eigenvalue weighted by Gasteiger charge is -2.01. The van der Waals surface area contributed by atoms with Gasteiger partial charge in [-0.05, 0) is 25.3 Å². The summed E-state index contributed by atoms with van der Waals surface area (Å²) in [6.07, 6.45) is 0.459. The minimum Gasteiger partial charge on any atom is -0.349 e. The van der Waals surface area contributed by atoms with Gasteiger partial charge in [-0.15, -0.1) is 22.7 Å². The van der Waals surface area contributed by atoms with Gasteiger partial charge >= 0.3 is 0 Å². The van der Waals surface area contributed by atoms with Crippen molar-refractivity contribution in [3.05, 3.63) is 38.0 Å². The van der Waals surface area contributed by atoms with E-state index in [1.807, 2.05) is 31.4 Å². The summed E-state index contributed by atoms with van der Waals surface area (Å²) in [5.74, 6) is 0.0537. The maximum atomic E-state index is 11.6. The molecule has 1 N–H and O–H groups in total. The smallest absolute Gasteiger partial charge is 0.225 e. The van der Waals surface area contributed by atoms with E-state index in [4.69, 9.17) is 0 Å². The Morgan fingerprint density at radius 3 is 2.88 bits per heavy atom. The molecule has 0 saturated heterocycles. The number of thiazole rings is 1. The summed E-state index contributed by atoms with van der Waals surface area (Å²) in [6, 6.07) is 3.93. The monoisotopic (exact) mass is 266 g/mol. The molecule has 5 heteroatoms. The third kappa shape index (κ3) is 3.38. The van der Waals surface area contributed by atoms with Crippen LogP contribution in [0.15, 0.2) is 17.5 Å². The number of nitrogens with zero attached hydrogens (tertiary/aromatic N) is 1. The van der Waals surface area contributed by atoms with Crippen molar-refractivity contribution in [2.24, 2.45) is 0 Å². The Morgan fingerprint density at radius 1 is 1.47 bits per heavy atom. The Morgan fingerprint density at radius 2 is 2.29 bits per heavy atom.